The van der Waals surface area contributed by atoms with Crippen LogP contribution in [0.25, 0.3) is 0 Å². The molecule has 0 amide bonds. The smallest absolute Gasteiger partial charge is 0.0937 e. The van der Waals surface area contributed by atoms with Gasteiger partial charge in [0.2, 0.25) is 0 Å². The topological polar surface area (TPSA) is 9.23 Å². The van der Waals surface area contributed by atoms with Crippen molar-refractivity contribution in [3.63, 3.8) is 0 Å². The fourth-order valence-corrected chi connectivity index (χ4v) is 0.701. The molecule has 0 rings (SSSR count). The summed E-state index contributed by atoms with van der Waals surface area (Å²) in [5.74, 6) is 0. The van der Waals surface area contributed by atoms with Crippen LogP contribution in [0.4, 0.5) is 0 Å². The Hall–Kier alpha value is -0.0400. The number of unbranched alkanes of at least 4 members (excludes halogenated alkanes) is 2. The van der Waals surface area contributed by atoms with E-state index in [1.165, 1.54) is 19.3 Å². The zero-order chi connectivity index (χ0) is 7.82. The zero-order valence-electron chi connectivity index (χ0n) is 7.44. The van der Waals surface area contributed by atoms with Crippen LogP contribution in [0.15, 0.2) is 0 Å². The van der Waals surface area contributed by atoms with Crippen molar-refractivity contribution in [1.82, 2.24) is 0 Å². The van der Waals surface area contributed by atoms with Crippen LogP contribution >= 0.6 is 0 Å². The molecule has 0 aromatic carbocycles. The molecule has 0 atom stereocenters. The van der Waals surface area contributed by atoms with Crippen molar-refractivity contribution in [3.8, 4) is 0 Å². The maximum atomic E-state index is 5.41. The molecule has 0 aliphatic rings. The van der Waals surface area contributed by atoms with Gasteiger partial charge in [0.15, 0.2) is 0 Å². The van der Waals surface area contributed by atoms with Gasteiger partial charge in [0.1, 0.15) is 0 Å². The summed E-state index contributed by atoms with van der Waals surface area (Å²) in [5, 5.41) is 0. The minimum Gasteiger partial charge on any atom is -0.372 e. The lowest BCUT2D eigenvalue weighted by atomic mass is 10.2. The molecule has 1 radical (unpaired) electrons. The van der Waals surface area contributed by atoms with Gasteiger partial charge in [-0.15, -0.1) is 0 Å². The molecular weight excluding hydrogens is 124 g/mol. The predicted octanol–water partition coefficient (Wildman–Crippen LogP) is 3.16. The summed E-state index contributed by atoms with van der Waals surface area (Å²) >= 11 is 0. The first-order valence-electron chi connectivity index (χ1n) is 4.26. The molecule has 0 bridgehead atoms. The van der Waals surface area contributed by atoms with Crippen LogP contribution in [0.3, 0.4) is 0 Å². The fraction of sp³-hybridized carbons (Fsp3) is 0.889. The van der Waals surface area contributed by atoms with E-state index in [1.54, 1.807) is 0 Å². The lowest BCUT2D eigenvalue weighted by molar-refractivity contribution is 0.140. The molecule has 0 aliphatic carbocycles. The molecule has 0 fully saturated rings. The maximum Gasteiger partial charge on any atom is 0.0937 e. The number of hydrogen-bond donors (Lipinski definition) is 0. The first kappa shape index (κ1) is 9.96. The van der Waals surface area contributed by atoms with E-state index in [2.05, 4.69) is 13.8 Å². The highest BCUT2D eigenvalue weighted by atomic mass is 16.5. The summed E-state index contributed by atoms with van der Waals surface area (Å²) in [5.41, 5.74) is 0. The van der Waals surface area contributed by atoms with Gasteiger partial charge in [-0.1, -0.05) is 26.7 Å². The monoisotopic (exact) mass is 143 g/mol. The summed E-state index contributed by atoms with van der Waals surface area (Å²) in [6.45, 7) is 7.28. The van der Waals surface area contributed by atoms with E-state index in [4.69, 9.17) is 4.74 Å². The van der Waals surface area contributed by atoms with Gasteiger partial charge in [-0.2, -0.15) is 0 Å². The number of ether oxygens (including phenoxy) is 1. The van der Waals surface area contributed by atoms with Crippen molar-refractivity contribution in [1.29, 1.82) is 0 Å². The van der Waals surface area contributed by atoms with Crippen molar-refractivity contribution < 1.29 is 4.74 Å². The Morgan fingerprint density at radius 1 is 1.20 bits per heavy atom. The van der Waals surface area contributed by atoms with Gasteiger partial charge in [0, 0.05) is 6.61 Å². The normalized spacial score (nSPS) is 10.8. The SMILES string of the molecule is CCCCCO[C](C)CC. The summed E-state index contributed by atoms with van der Waals surface area (Å²) in [4.78, 5) is 0. The summed E-state index contributed by atoms with van der Waals surface area (Å²) in [7, 11) is 0. The highest BCUT2D eigenvalue weighted by molar-refractivity contribution is 4.66. The molecule has 61 valence electrons. The Balaban J connectivity index is 2.89. The zero-order valence-corrected chi connectivity index (χ0v) is 7.44. The summed E-state index contributed by atoms with van der Waals surface area (Å²) in [6.07, 6.45) is 5.97. The Labute approximate surface area is 64.8 Å². The molecule has 0 aliphatic heterocycles. The van der Waals surface area contributed by atoms with Crippen LogP contribution in [-0.4, -0.2) is 6.61 Å². The van der Waals surface area contributed by atoms with E-state index < -0.39 is 0 Å². The molecule has 0 aromatic rings. The largest absolute Gasteiger partial charge is 0.372 e. The van der Waals surface area contributed by atoms with Crippen LogP contribution in [0.2, 0.25) is 0 Å². The molecular formula is C9H19O. The van der Waals surface area contributed by atoms with Gasteiger partial charge in [-0.25, -0.2) is 0 Å². The molecule has 1 nitrogen and oxygen atoms in total. The molecule has 0 saturated carbocycles. The van der Waals surface area contributed by atoms with Crippen LogP contribution in [-0.2, 0) is 4.74 Å². The Morgan fingerprint density at radius 2 is 1.90 bits per heavy atom. The van der Waals surface area contributed by atoms with Crippen LogP contribution in [0.5, 0.6) is 0 Å². The van der Waals surface area contributed by atoms with Gasteiger partial charge >= 0.3 is 0 Å². The van der Waals surface area contributed by atoms with E-state index in [1.807, 2.05) is 6.92 Å². The van der Waals surface area contributed by atoms with Gasteiger partial charge in [0.25, 0.3) is 0 Å². The van der Waals surface area contributed by atoms with Gasteiger partial charge in [-0.3, -0.25) is 0 Å². The lowest BCUT2D eigenvalue weighted by Crippen LogP contribution is -1.98. The van der Waals surface area contributed by atoms with Crippen molar-refractivity contribution >= 4 is 0 Å². The molecule has 0 aromatic heterocycles. The molecule has 0 saturated heterocycles. The van der Waals surface area contributed by atoms with Crippen molar-refractivity contribution in [2.24, 2.45) is 0 Å². The second-order valence-electron chi connectivity index (χ2n) is 2.61. The van der Waals surface area contributed by atoms with E-state index in [0.29, 0.717) is 0 Å². The third-order valence-electron chi connectivity index (χ3n) is 1.59. The predicted molar refractivity (Wildman–Crippen MR) is 44.7 cm³/mol. The molecule has 0 spiro atoms. The third-order valence-corrected chi connectivity index (χ3v) is 1.59. The van der Waals surface area contributed by atoms with Crippen molar-refractivity contribution in [2.75, 3.05) is 6.61 Å². The second-order valence-corrected chi connectivity index (χ2v) is 2.61. The van der Waals surface area contributed by atoms with Crippen LogP contribution < -0.4 is 0 Å². The summed E-state index contributed by atoms with van der Waals surface area (Å²) in [6, 6.07) is 0. The van der Waals surface area contributed by atoms with Crippen LogP contribution in [0.1, 0.15) is 46.5 Å². The van der Waals surface area contributed by atoms with Crippen LogP contribution in [0, 0.1) is 6.10 Å². The minimum atomic E-state index is 0.910. The van der Waals surface area contributed by atoms with Gasteiger partial charge in [0.05, 0.1) is 6.10 Å². The molecule has 0 N–H and O–H groups in total. The number of hydrogen-bond acceptors (Lipinski definition) is 1. The highest BCUT2D eigenvalue weighted by Gasteiger charge is 1.97. The van der Waals surface area contributed by atoms with E-state index in [-0.39, 0.29) is 0 Å². The Kier molecular flexibility index (Phi) is 7.04. The number of rotatable bonds is 6. The van der Waals surface area contributed by atoms with Gasteiger partial charge < -0.3 is 4.74 Å². The minimum absolute atomic E-state index is 0.910. The highest BCUT2D eigenvalue weighted by Crippen LogP contribution is 2.06. The third kappa shape index (κ3) is 6.09. The molecule has 10 heavy (non-hydrogen) atoms. The lowest BCUT2D eigenvalue weighted by Gasteiger charge is -2.07. The van der Waals surface area contributed by atoms with Crippen molar-refractivity contribution in [3.05, 3.63) is 6.10 Å². The van der Waals surface area contributed by atoms with E-state index >= 15 is 0 Å². The molecule has 1 heteroatoms. The molecule has 0 heterocycles. The van der Waals surface area contributed by atoms with Gasteiger partial charge in [-0.05, 0) is 19.8 Å². The second kappa shape index (κ2) is 7.07. The quantitative estimate of drug-likeness (QED) is 0.519. The Bertz CT molecular complexity index is 61.7. The Morgan fingerprint density at radius 3 is 2.40 bits per heavy atom. The first-order valence-corrected chi connectivity index (χ1v) is 4.26. The summed E-state index contributed by atoms with van der Waals surface area (Å²) < 4.78 is 5.41. The average molecular weight is 143 g/mol. The van der Waals surface area contributed by atoms with E-state index in [9.17, 15) is 0 Å². The maximum absolute atomic E-state index is 5.41. The standard InChI is InChI=1S/C9H19O/c1-4-6-7-8-10-9(3)5-2/h4-8H2,1-3H3. The first-order chi connectivity index (χ1) is 4.81. The molecule has 0 unspecified atom stereocenters. The average Bonchev–Trinajstić information content (AvgIpc) is 1.98. The van der Waals surface area contributed by atoms with Crippen molar-refractivity contribution in [2.45, 2.75) is 46.5 Å². The van der Waals surface area contributed by atoms with E-state index in [0.717, 1.165) is 19.1 Å². The fourth-order valence-electron chi connectivity index (χ4n) is 0.701.